The van der Waals surface area contributed by atoms with E-state index in [2.05, 4.69) is 24.1 Å². The zero-order valence-corrected chi connectivity index (χ0v) is 17.9. The van der Waals surface area contributed by atoms with Crippen molar-refractivity contribution < 1.29 is 29.8 Å². The number of carbonyl (C=O) groups is 3. The molecule has 1 heterocycles. The van der Waals surface area contributed by atoms with E-state index in [9.17, 15) is 4.79 Å². The zero-order chi connectivity index (χ0) is 23.4. The largest absolute Gasteiger partial charge is 0.473 e. The molecule has 1 aliphatic carbocycles. The van der Waals surface area contributed by atoms with Crippen LogP contribution < -0.4 is 16.5 Å². The molecule has 1 unspecified atom stereocenters. The van der Waals surface area contributed by atoms with Crippen LogP contribution >= 0.6 is 0 Å². The van der Waals surface area contributed by atoms with Gasteiger partial charge in [0.2, 0.25) is 0 Å². The van der Waals surface area contributed by atoms with E-state index in [-0.39, 0.29) is 0 Å². The highest BCUT2D eigenvalue weighted by molar-refractivity contribution is 6.27. The van der Waals surface area contributed by atoms with Gasteiger partial charge in [0, 0.05) is 28.2 Å². The van der Waals surface area contributed by atoms with Crippen LogP contribution in [0.5, 0.6) is 0 Å². The number of hydroxylamine groups is 1. The third-order valence-electron chi connectivity index (χ3n) is 4.71. The van der Waals surface area contributed by atoms with Crippen molar-refractivity contribution in [1.29, 1.82) is 0 Å². The Labute approximate surface area is 180 Å². The Hall–Kier alpha value is -2.95. The number of aromatic nitrogens is 1. The molecule has 0 bridgehead atoms. The molecule has 0 aliphatic heterocycles. The molecule has 1 atom stereocenters. The Balaban J connectivity index is 0.000000405. The fraction of sp³-hybridized carbons (Fsp3) is 0.476. The number of carboxylic acids is 2. The van der Waals surface area contributed by atoms with E-state index in [0.29, 0.717) is 11.6 Å². The molecular weight excluding hydrogens is 404 g/mol. The second-order valence-corrected chi connectivity index (χ2v) is 7.08. The van der Waals surface area contributed by atoms with Gasteiger partial charge in [-0.05, 0) is 69.0 Å². The van der Waals surface area contributed by atoms with E-state index < -0.39 is 17.8 Å². The molecule has 2 aromatic rings. The number of carboxylic acid groups (broad SMARTS) is 2. The summed E-state index contributed by atoms with van der Waals surface area (Å²) in [5.41, 5.74) is 10.8. The summed E-state index contributed by atoms with van der Waals surface area (Å²) in [5.74, 6) is -4.12. The van der Waals surface area contributed by atoms with Crippen LogP contribution in [0.3, 0.4) is 0 Å². The van der Waals surface area contributed by atoms with Crippen molar-refractivity contribution in [3.63, 3.8) is 0 Å². The fourth-order valence-corrected chi connectivity index (χ4v) is 3.15. The third kappa shape index (κ3) is 8.00. The molecule has 1 aliphatic rings. The highest BCUT2D eigenvalue weighted by Crippen LogP contribution is 2.30. The van der Waals surface area contributed by atoms with Crippen LogP contribution in [0.4, 0.5) is 0 Å². The van der Waals surface area contributed by atoms with Crippen molar-refractivity contribution in [3.8, 4) is 0 Å². The monoisotopic (exact) mass is 436 g/mol. The van der Waals surface area contributed by atoms with E-state index in [0.717, 1.165) is 56.1 Å². The first-order chi connectivity index (χ1) is 14.8. The number of benzene rings is 1. The first kappa shape index (κ1) is 26.1. The maximum atomic E-state index is 11.6. The van der Waals surface area contributed by atoms with Crippen molar-refractivity contribution in [2.45, 2.75) is 52.0 Å². The highest BCUT2D eigenvalue weighted by atomic mass is 16.5. The molecule has 31 heavy (non-hydrogen) atoms. The number of amides is 1. The van der Waals surface area contributed by atoms with Crippen molar-refractivity contribution in [2.24, 2.45) is 5.73 Å². The summed E-state index contributed by atoms with van der Waals surface area (Å²) in [4.78, 5) is 33.2. The van der Waals surface area contributed by atoms with Gasteiger partial charge in [-0.3, -0.25) is 10.0 Å². The van der Waals surface area contributed by atoms with E-state index in [4.69, 9.17) is 30.7 Å². The average Bonchev–Trinajstić information content (AvgIpc) is 3.14. The molecule has 3 rings (SSSR count). The Morgan fingerprint density at radius 3 is 2.32 bits per heavy atom. The smallest absolute Gasteiger partial charge is 0.414 e. The second-order valence-electron chi connectivity index (χ2n) is 7.08. The number of aryl methyl sites for hydroxylation is 1. The molecule has 1 amide bonds. The summed E-state index contributed by atoms with van der Waals surface area (Å²) >= 11 is 0. The van der Waals surface area contributed by atoms with Gasteiger partial charge in [-0.25, -0.2) is 15.1 Å². The summed E-state index contributed by atoms with van der Waals surface area (Å²) in [6, 6.07) is 6.00. The average molecular weight is 437 g/mol. The number of fused-ring (bicyclic) bond motifs is 3. The van der Waals surface area contributed by atoms with Crippen molar-refractivity contribution in [3.05, 3.63) is 35.0 Å². The Morgan fingerprint density at radius 2 is 1.81 bits per heavy atom. The molecule has 172 valence electrons. The number of nitrogens with one attached hydrogen (secondary N) is 3. The van der Waals surface area contributed by atoms with E-state index in [1.54, 1.807) is 11.5 Å². The molecule has 1 aromatic carbocycles. The number of aromatic amines is 1. The first-order valence-electron chi connectivity index (χ1n) is 10.3. The summed E-state index contributed by atoms with van der Waals surface area (Å²) < 4.78 is 0. The lowest BCUT2D eigenvalue weighted by Gasteiger charge is -2.23. The van der Waals surface area contributed by atoms with Crippen LogP contribution in [0.25, 0.3) is 10.9 Å². The second kappa shape index (κ2) is 13.4. The third-order valence-corrected chi connectivity index (χ3v) is 4.71. The lowest BCUT2D eigenvalue weighted by atomic mass is 9.91. The standard InChI is InChI=1S/C16H21N3O2.C3H9N.C2H2O4/c1-2-7-17-11-4-6-15-13(9-11)12-8-10(16(20)19-21)3-5-14(12)18-15;1-2-3-4;3-1(4)2(5)6/h3,5,8,11,17-18,21H,2,4,6-7,9H2,1H3,(H,19,20);2-4H2,1H3;(H,3,4)(H,5,6). The van der Waals surface area contributed by atoms with Gasteiger partial charge in [0.1, 0.15) is 0 Å². The minimum absolute atomic E-state index is 0.469. The quantitative estimate of drug-likeness (QED) is 0.210. The van der Waals surface area contributed by atoms with Crippen LogP contribution in [0, 0.1) is 0 Å². The fourth-order valence-electron chi connectivity index (χ4n) is 3.15. The summed E-state index contributed by atoms with van der Waals surface area (Å²) in [7, 11) is 0. The SMILES string of the molecule is CCCN.CCCNC1CCc2[nH]c3ccc(C(=O)NO)cc3c2C1.O=C(O)C(=O)O. The minimum Gasteiger partial charge on any atom is -0.473 e. The molecule has 10 heteroatoms. The van der Waals surface area contributed by atoms with E-state index >= 15 is 0 Å². The predicted octanol–water partition coefficient (Wildman–Crippen LogP) is 1.65. The lowest BCUT2D eigenvalue weighted by Crippen LogP contribution is -2.34. The van der Waals surface area contributed by atoms with Gasteiger partial charge in [-0.1, -0.05) is 13.8 Å². The van der Waals surface area contributed by atoms with Gasteiger partial charge in [-0.2, -0.15) is 0 Å². The molecule has 10 nitrogen and oxygen atoms in total. The number of aliphatic carboxylic acids is 2. The number of carbonyl (C=O) groups excluding carboxylic acids is 1. The predicted molar refractivity (Wildman–Crippen MR) is 116 cm³/mol. The Kier molecular flexibility index (Phi) is 11.3. The first-order valence-corrected chi connectivity index (χ1v) is 10.3. The molecule has 1 aromatic heterocycles. The van der Waals surface area contributed by atoms with Crippen molar-refractivity contribution in [2.75, 3.05) is 13.1 Å². The van der Waals surface area contributed by atoms with Crippen LogP contribution in [0.2, 0.25) is 0 Å². The maximum absolute atomic E-state index is 11.6. The lowest BCUT2D eigenvalue weighted by molar-refractivity contribution is -0.159. The molecule has 0 saturated carbocycles. The number of rotatable bonds is 5. The normalized spacial score (nSPS) is 14.4. The van der Waals surface area contributed by atoms with Crippen LogP contribution in [-0.2, 0) is 22.4 Å². The summed E-state index contributed by atoms with van der Waals surface area (Å²) in [6.45, 7) is 6.09. The molecule has 0 fully saturated rings. The number of H-pyrrole nitrogens is 1. The Morgan fingerprint density at radius 1 is 1.16 bits per heavy atom. The Bertz CT molecular complexity index is 866. The van der Waals surface area contributed by atoms with Gasteiger partial charge in [0.25, 0.3) is 5.91 Å². The number of hydrogen-bond donors (Lipinski definition) is 7. The van der Waals surface area contributed by atoms with E-state index in [1.165, 1.54) is 11.3 Å². The van der Waals surface area contributed by atoms with Crippen LogP contribution in [0.1, 0.15) is 54.7 Å². The molecular formula is C21H32N4O6. The summed E-state index contributed by atoms with van der Waals surface area (Å²) in [6.07, 6.45) is 5.40. The topological polar surface area (TPSA) is 178 Å². The highest BCUT2D eigenvalue weighted by Gasteiger charge is 2.22. The van der Waals surface area contributed by atoms with Gasteiger partial charge in [-0.15, -0.1) is 0 Å². The van der Waals surface area contributed by atoms with Gasteiger partial charge in [0.05, 0.1) is 0 Å². The van der Waals surface area contributed by atoms with E-state index in [1.807, 2.05) is 12.1 Å². The molecule has 0 saturated heterocycles. The number of hydrogen-bond acceptors (Lipinski definition) is 6. The van der Waals surface area contributed by atoms with Crippen molar-refractivity contribution >= 4 is 28.7 Å². The minimum atomic E-state index is -1.82. The molecule has 0 radical (unpaired) electrons. The van der Waals surface area contributed by atoms with Gasteiger partial charge >= 0.3 is 11.9 Å². The zero-order valence-electron chi connectivity index (χ0n) is 17.9. The molecule has 0 spiro atoms. The van der Waals surface area contributed by atoms with Crippen molar-refractivity contribution in [1.82, 2.24) is 15.8 Å². The summed E-state index contributed by atoms with van der Waals surface area (Å²) in [5, 5.41) is 28.2. The maximum Gasteiger partial charge on any atom is 0.414 e. The number of nitrogens with two attached hydrogens (primary N) is 1. The van der Waals surface area contributed by atoms with Crippen LogP contribution in [0.15, 0.2) is 18.2 Å². The molecule has 8 N–H and O–H groups in total. The van der Waals surface area contributed by atoms with Gasteiger partial charge < -0.3 is 26.2 Å². The van der Waals surface area contributed by atoms with Gasteiger partial charge in [0.15, 0.2) is 0 Å². The van der Waals surface area contributed by atoms with Crippen LogP contribution in [-0.4, -0.2) is 57.4 Å².